The van der Waals surface area contributed by atoms with Crippen molar-refractivity contribution in [3.05, 3.63) is 17.5 Å². The van der Waals surface area contributed by atoms with E-state index < -0.39 is 0 Å². The van der Waals surface area contributed by atoms with Crippen LogP contribution in [0.4, 0.5) is 0 Å². The minimum Gasteiger partial charge on any atom is -0.313 e. The molecule has 0 aliphatic rings. The van der Waals surface area contributed by atoms with E-state index in [1.807, 2.05) is 6.20 Å². The predicted molar refractivity (Wildman–Crippen MR) is 73.3 cm³/mol. The number of nitrogens with zero attached hydrogens (tertiary/aromatic N) is 2. The Labute approximate surface area is 106 Å². The van der Waals surface area contributed by atoms with Gasteiger partial charge in [0.25, 0.3) is 0 Å². The van der Waals surface area contributed by atoms with Gasteiger partial charge < -0.3 is 5.32 Å². The molecular formula is C14H27N3. The molecule has 1 aromatic heterocycles. The molecule has 1 aromatic rings. The Morgan fingerprint density at radius 3 is 2.35 bits per heavy atom. The topological polar surface area (TPSA) is 29.9 Å². The Hall–Kier alpha value is -0.830. The maximum Gasteiger partial charge on any atom is 0.0537 e. The molecule has 0 saturated carbocycles. The third-order valence-electron chi connectivity index (χ3n) is 3.31. The van der Waals surface area contributed by atoms with Gasteiger partial charge in [-0.25, -0.2) is 0 Å². The van der Waals surface area contributed by atoms with Gasteiger partial charge in [0.1, 0.15) is 0 Å². The van der Waals surface area contributed by atoms with Crippen LogP contribution in [0.15, 0.2) is 6.20 Å². The lowest BCUT2D eigenvalue weighted by Crippen LogP contribution is -2.17. The Morgan fingerprint density at radius 1 is 1.24 bits per heavy atom. The number of nitrogens with one attached hydrogen (secondary N) is 1. The fraction of sp³-hybridized carbons (Fsp3) is 0.786. The van der Waals surface area contributed by atoms with Gasteiger partial charge in [-0.3, -0.25) is 4.68 Å². The molecule has 0 aliphatic carbocycles. The highest BCUT2D eigenvalue weighted by molar-refractivity contribution is 5.21. The van der Waals surface area contributed by atoms with Crippen LogP contribution in [0.25, 0.3) is 0 Å². The third-order valence-corrected chi connectivity index (χ3v) is 3.31. The first-order valence-corrected chi connectivity index (χ1v) is 6.92. The van der Waals surface area contributed by atoms with Gasteiger partial charge >= 0.3 is 0 Å². The van der Waals surface area contributed by atoms with Crippen LogP contribution in [-0.2, 0) is 6.54 Å². The molecule has 1 rings (SSSR count). The molecule has 0 unspecified atom stereocenters. The second-order valence-electron chi connectivity index (χ2n) is 4.90. The molecule has 0 saturated heterocycles. The molecule has 0 atom stereocenters. The molecule has 0 spiro atoms. The Morgan fingerprint density at radius 2 is 1.88 bits per heavy atom. The van der Waals surface area contributed by atoms with E-state index in [0.717, 1.165) is 25.9 Å². The summed E-state index contributed by atoms with van der Waals surface area (Å²) in [6.45, 7) is 13.1. The molecule has 0 aromatic carbocycles. The highest BCUT2D eigenvalue weighted by Gasteiger charge is 2.18. The van der Waals surface area contributed by atoms with E-state index in [1.165, 1.54) is 11.3 Å². The van der Waals surface area contributed by atoms with Crippen LogP contribution < -0.4 is 5.32 Å². The Bertz CT molecular complexity index is 324. The zero-order chi connectivity index (χ0) is 12.8. The average molecular weight is 237 g/mol. The van der Waals surface area contributed by atoms with Gasteiger partial charge in [-0.05, 0) is 25.3 Å². The maximum absolute atomic E-state index is 4.61. The van der Waals surface area contributed by atoms with E-state index in [9.17, 15) is 0 Å². The van der Waals surface area contributed by atoms with Crippen LogP contribution in [0, 0.1) is 0 Å². The first-order chi connectivity index (χ1) is 8.15. The van der Waals surface area contributed by atoms with Gasteiger partial charge in [0.05, 0.1) is 12.2 Å². The normalized spacial score (nSPS) is 11.7. The van der Waals surface area contributed by atoms with Crippen LogP contribution in [0.3, 0.4) is 0 Å². The molecule has 1 N–H and O–H groups in total. The van der Waals surface area contributed by atoms with Gasteiger partial charge in [0.15, 0.2) is 0 Å². The fourth-order valence-corrected chi connectivity index (χ4v) is 2.36. The summed E-state index contributed by atoms with van der Waals surface area (Å²) in [6, 6.07) is 0.544. The summed E-state index contributed by atoms with van der Waals surface area (Å²) >= 11 is 0. The van der Waals surface area contributed by atoms with E-state index in [-0.39, 0.29) is 0 Å². The van der Waals surface area contributed by atoms with Crippen LogP contribution in [0.2, 0.25) is 0 Å². The zero-order valence-electron chi connectivity index (χ0n) is 12.0. The molecular weight excluding hydrogens is 210 g/mol. The largest absolute Gasteiger partial charge is 0.313 e. The first-order valence-electron chi connectivity index (χ1n) is 6.92. The van der Waals surface area contributed by atoms with E-state index >= 15 is 0 Å². The third kappa shape index (κ3) is 3.32. The van der Waals surface area contributed by atoms with E-state index in [2.05, 4.69) is 49.7 Å². The summed E-state index contributed by atoms with van der Waals surface area (Å²) < 4.78 is 2.25. The highest BCUT2D eigenvalue weighted by Crippen LogP contribution is 2.25. The minimum absolute atomic E-state index is 0.534. The van der Waals surface area contributed by atoms with Crippen molar-refractivity contribution in [3.63, 3.8) is 0 Å². The lowest BCUT2D eigenvalue weighted by Gasteiger charge is -2.20. The molecule has 3 nitrogen and oxygen atoms in total. The SMILES string of the molecule is CCNCc1cnn(C(CC)CC)c1C(C)C. The summed E-state index contributed by atoms with van der Waals surface area (Å²) in [5.41, 5.74) is 2.76. The molecule has 17 heavy (non-hydrogen) atoms. The fourth-order valence-electron chi connectivity index (χ4n) is 2.36. The molecule has 0 amide bonds. The standard InChI is InChI=1S/C14H27N3/c1-6-13(7-2)17-14(11(4)5)12(10-16-17)9-15-8-3/h10-11,13,15H,6-9H2,1-5H3. The molecule has 3 heteroatoms. The second-order valence-corrected chi connectivity index (χ2v) is 4.90. The zero-order valence-corrected chi connectivity index (χ0v) is 12.0. The van der Waals surface area contributed by atoms with Gasteiger partial charge in [-0.1, -0.05) is 34.6 Å². The van der Waals surface area contributed by atoms with Crippen molar-refractivity contribution < 1.29 is 0 Å². The van der Waals surface area contributed by atoms with Crippen molar-refractivity contribution in [3.8, 4) is 0 Å². The molecule has 0 radical (unpaired) electrons. The molecule has 1 heterocycles. The average Bonchev–Trinajstić information content (AvgIpc) is 2.72. The van der Waals surface area contributed by atoms with Crippen LogP contribution >= 0.6 is 0 Å². The summed E-state index contributed by atoms with van der Waals surface area (Å²) in [4.78, 5) is 0. The first kappa shape index (κ1) is 14.2. The van der Waals surface area contributed by atoms with Crippen molar-refractivity contribution in [1.29, 1.82) is 0 Å². The van der Waals surface area contributed by atoms with Gasteiger partial charge in [0.2, 0.25) is 0 Å². The molecule has 98 valence electrons. The number of rotatable bonds is 7. The van der Waals surface area contributed by atoms with Gasteiger partial charge in [0, 0.05) is 17.8 Å². The maximum atomic E-state index is 4.61. The van der Waals surface area contributed by atoms with Crippen molar-refractivity contribution in [2.45, 2.75) is 66.0 Å². The minimum atomic E-state index is 0.534. The highest BCUT2D eigenvalue weighted by atomic mass is 15.3. The Balaban J connectivity index is 3.01. The summed E-state index contributed by atoms with van der Waals surface area (Å²) in [7, 11) is 0. The van der Waals surface area contributed by atoms with Crippen LogP contribution in [-0.4, -0.2) is 16.3 Å². The molecule has 0 fully saturated rings. The number of hydrogen-bond donors (Lipinski definition) is 1. The molecule has 0 aliphatic heterocycles. The predicted octanol–water partition coefficient (Wildman–Crippen LogP) is 3.48. The van der Waals surface area contributed by atoms with E-state index in [4.69, 9.17) is 0 Å². The summed E-state index contributed by atoms with van der Waals surface area (Å²) in [5.74, 6) is 0.534. The molecule has 0 bridgehead atoms. The van der Waals surface area contributed by atoms with Crippen molar-refractivity contribution in [2.24, 2.45) is 0 Å². The van der Waals surface area contributed by atoms with E-state index in [0.29, 0.717) is 12.0 Å². The summed E-state index contributed by atoms with van der Waals surface area (Å²) in [5, 5.41) is 8.00. The second kappa shape index (κ2) is 6.80. The van der Waals surface area contributed by atoms with Crippen LogP contribution in [0.1, 0.15) is 70.7 Å². The smallest absolute Gasteiger partial charge is 0.0537 e. The number of hydrogen-bond acceptors (Lipinski definition) is 2. The lowest BCUT2D eigenvalue weighted by molar-refractivity contribution is 0.407. The van der Waals surface area contributed by atoms with Gasteiger partial charge in [-0.2, -0.15) is 5.10 Å². The monoisotopic (exact) mass is 237 g/mol. The quantitative estimate of drug-likeness (QED) is 0.787. The number of aromatic nitrogens is 2. The van der Waals surface area contributed by atoms with Gasteiger partial charge in [-0.15, -0.1) is 0 Å². The summed E-state index contributed by atoms with van der Waals surface area (Å²) in [6.07, 6.45) is 4.34. The van der Waals surface area contributed by atoms with E-state index in [1.54, 1.807) is 0 Å². The Kier molecular flexibility index (Phi) is 5.69. The van der Waals surface area contributed by atoms with Crippen molar-refractivity contribution in [1.82, 2.24) is 15.1 Å². The lowest BCUT2D eigenvalue weighted by atomic mass is 10.0. The van der Waals surface area contributed by atoms with Crippen molar-refractivity contribution >= 4 is 0 Å². The van der Waals surface area contributed by atoms with Crippen molar-refractivity contribution in [2.75, 3.05) is 6.54 Å². The van der Waals surface area contributed by atoms with Crippen LogP contribution in [0.5, 0.6) is 0 Å².